The zero-order chi connectivity index (χ0) is 13.7. The molecule has 1 aromatic carbocycles. The van der Waals surface area contributed by atoms with Crippen LogP contribution in [0.15, 0.2) is 22.7 Å². The molecule has 18 heavy (non-hydrogen) atoms. The number of carbonyl (C=O) groups is 2. The summed E-state index contributed by atoms with van der Waals surface area (Å²) in [6.07, 6.45) is 0.271. The maximum absolute atomic E-state index is 11.8. The maximum Gasteiger partial charge on any atom is 0.252 e. The predicted octanol–water partition coefficient (Wildman–Crippen LogP) is 2.31. The lowest BCUT2D eigenvalue weighted by molar-refractivity contribution is -0.128. The Kier molecular flexibility index (Phi) is 5.62. The van der Waals surface area contributed by atoms with Crippen molar-refractivity contribution in [1.82, 2.24) is 10.2 Å². The van der Waals surface area contributed by atoms with Crippen molar-refractivity contribution < 1.29 is 9.59 Å². The normalized spacial score (nSPS) is 10.0. The van der Waals surface area contributed by atoms with Crippen molar-refractivity contribution in [2.75, 3.05) is 20.6 Å². The highest BCUT2D eigenvalue weighted by Crippen LogP contribution is 2.21. The van der Waals surface area contributed by atoms with Crippen molar-refractivity contribution in [2.24, 2.45) is 0 Å². The second-order valence-corrected chi connectivity index (χ2v) is 5.24. The molecule has 0 fully saturated rings. The van der Waals surface area contributed by atoms with E-state index in [4.69, 9.17) is 11.6 Å². The van der Waals surface area contributed by atoms with E-state index in [1.165, 1.54) is 4.90 Å². The third-order valence-corrected chi connectivity index (χ3v) is 3.10. The van der Waals surface area contributed by atoms with Crippen LogP contribution in [-0.2, 0) is 4.79 Å². The Labute approximate surface area is 119 Å². The van der Waals surface area contributed by atoms with Gasteiger partial charge in [-0.25, -0.2) is 0 Å². The number of halogens is 2. The molecule has 1 N–H and O–H groups in total. The van der Waals surface area contributed by atoms with E-state index in [-0.39, 0.29) is 18.2 Å². The molecular formula is C12H14BrClN2O2. The van der Waals surface area contributed by atoms with Crippen molar-refractivity contribution in [3.8, 4) is 0 Å². The van der Waals surface area contributed by atoms with Crippen LogP contribution in [0.1, 0.15) is 16.8 Å². The molecule has 1 rings (SSSR count). The molecule has 0 bridgehead atoms. The molecule has 0 aliphatic carbocycles. The first kappa shape index (κ1) is 15.0. The summed E-state index contributed by atoms with van der Waals surface area (Å²) in [5.74, 6) is -0.309. The summed E-state index contributed by atoms with van der Waals surface area (Å²) in [6, 6.07) is 5.03. The highest BCUT2D eigenvalue weighted by atomic mass is 79.9. The van der Waals surface area contributed by atoms with Gasteiger partial charge in [0.15, 0.2) is 0 Å². The summed E-state index contributed by atoms with van der Waals surface area (Å²) in [4.78, 5) is 24.6. The maximum atomic E-state index is 11.8. The van der Waals surface area contributed by atoms with E-state index in [2.05, 4.69) is 21.2 Å². The fourth-order valence-electron chi connectivity index (χ4n) is 1.28. The number of amides is 2. The van der Waals surface area contributed by atoms with E-state index in [0.717, 1.165) is 4.47 Å². The van der Waals surface area contributed by atoms with Gasteiger partial charge in [-0.15, -0.1) is 0 Å². The molecule has 4 nitrogen and oxygen atoms in total. The molecule has 1 aromatic rings. The van der Waals surface area contributed by atoms with E-state index >= 15 is 0 Å². The molecule has 0 unspecified atom stereocenters. The summed E-state index contributed by atoms with van der Waals surface area (Å²) in [7, 11) is 3.35. The van der Waals surface area contributed by atoms with E-state index in [0.29, 0.717) is 17.1 Å². The molecular weight excluding hydrogens is 320 g/mol. The zero-order valence-electron chi connectivity index (χ0n) is 10.2. The van der Waals surface area contributed by atoms with Crippen molar-refractivity contribution in [1.29, 1.82) is 0 Å². The van der Waals surface area contributed by atoms with Crippen LogP contribution in [0.3, 0.4) is 0 Å². The molecule has 0 atom stereocenters. The average Bonchev–Trinajstić information content (AvgIpc) is 2.28. The third kappa shape index (κ3) is 4.31. The van der Waals surface area contributed by atoms with E-state index < -0.39 is 0 Å². The van der Waals surface area contributed by atoms with Gasteiger partial charge in [-0.2, -0.15) is 0 Å². The van der Waals surface area contributed by atoms with Crippen LogP contribution in [0, 0.1) is 0 Å². The molecule has 0 saturated heterocycles. The number of nitrogens with zero attached hydrogens (tertiary/aromatic N) is 1. The Morgan fingerprint density at radius 3 is 2.61 bits per heavy atom. The van der Waals surface area contributed by atoms with Gasteiger partial charge in [0.25, 0.3) is 5.91 Å². The zero-order valence-corrected chi connectivity index (χ0v) is 12.5. The molecule has 6 heteroatoms. The lowest BCUT2D eigenvalue weighted by Crippen LogP contribution is -2.30. The number of benzene rings is 1. The monoisotopic (exact) mass is 332 g/mol. The molecule has 0 aliphatic rings. The van der Waals surface area contributed by atoms with Gasteiger partial charge in [0.1, 0.15) is 0 Å². The topological polar surface area (TPSA) is 49.4 Å². The summed E-state index contributed by atoms with van der Waals surface area (Å²) >= 11 is 9.22. The lowest BCUT2D eigenvalue weighted by Gasteiger charge is -2.11. The molecule has 0 spiro atoms. The van der Waals surface area contributed by atoms with Crippen LogP contribution in [0.5, 0.6) is 0 Å². The Hall–Kier alpha value is -1.07. The lowest BCUT2D eigenvalue weighted by atomic mass is 10.2. The van der Waals surface area contributed by atoms with Crippen LogP contribution in [-0.4, -0.2) is 37.4 Å². The Morgan fingerprint density at radius 1 is 1.39 bits per heavy atom. The second kappa shape index (κ2) is 6.75. The Balaban J connectivity index is 2.53. The van der Waals surface area contributed by atoms with Gasteiger partial charge in [0.05, 0.1) is 10.6 Å². The highest BCUT2D eigenvalue weighted by molar-refractivity contribution is 9.10. The average molecular weight is 334 g/mol. The van der Waals surface area contributed by atoms with Crippen LogP contribution in [0.4, 0.5) is 0 Å². The minimum Gasteiger partial charge on any atom is -0.351 e. The molecule has 98 valence electrons. The van der Waals surface area contributed by atoms with Crippen molar-refractivity contribution >= 4 is 39.3 Å². The van der Waals surface area contributed by atoms with Crippen molar-refractivity contribution in [3.05, 3.63) is 33.3 Å². The van der Waals surface area contributed by atoms with Crippen LogP contribution in [0.2, 0.25) is 5.02 Å². The van der Waals surface area contributed by atoms with Gasteiger partial charge in [-0.05, 0) is 18.2 Å². The first-order valence-electron chi connectivity index (χ1n) is 5.35. The first-order chi connectivity index (χ1) is 8.41. The summed E-state index contributed by atoms with van der Waals surface area (Å²) in [6.45, 7) is 0.294. The van der Waals surface area contributed by atoms with Gasteiger partial charge in [0.2, 0.25) is 5.91 Å². The molecule has 0 aromatic heterocycles. The largest absolute Gasteiger partial charge is 0.351 e. The smallest absolute Gasteiger partial charge is 0.252 e. The van der Waals surface area contributed by atoms with Crippen LogP contribution >= 0.6 is 27.5 Å². The fourth-order valence-corrected chi connectivity index (χ4v) is 2.03. The van der Waals surface area contributed by atoms with Gasteiger partial charge >= 0.3 is 0 Å². The van der Waals surface area contributed by atoms with Crippen LogP contribution in [0.25, 0.3) is 0 Å². The molecule has 0 aliphatic heterocycles. The van der Waals surface area contributed by atoms with Crippen molar-refractivity contribution in [2.45, 2.75) is 6.42 Å². The van der Waals surface area contributed by atoms with E-state index in [1.54, 1.807) is 32.3 Å². The van der Waals surface area contributed by atoms with E-state index in [9.17, 15) is 9.59 Å². The molecule has 0 saturated carbocycles. The third-order valence-electron chi connectivity index (χ3n) is 2.30. The van der Waals surface area contributed by atoms with Gasteiger partial charge < -0.3 is 10.2 Å². The number of hydrogen-bond acceptors (Lipinski definition) is 2. The standard InChI is InChI=1S/C12H14BrClN2O2/c1-16(2)11(17)5-6-15-12(18)9-4-3-8(13)7-10(9)14/h3-4,7H,5-6H2,1-2H3,(H,15,18). The number of carbonyl (C=O) groups excluding carboxylic acids is 2. The highest BCUT2D eigenvalue weighted by Gasteiger charge is 2.11. The number of nitrogens with one attached hydrogen (secondary N) is 1. The fraction of sp³-hybridized carbons (Fsp3) is 0.333. The molecule has 2 amide bonds. The summed E-state index contributed by atoms with van der Waals surface area (Å²) in [5, 5.41) is 3.03. The number of rotatable bonds is 4. The Bertz CT molecular complexity index is 463. The van der Waals surface area contributed by atoms with Gasteiger partial charge in [-0.3, -0.25) is 9.59 Å². The minimum atomic E-state index is -0.279. The summed E-state index contributed by atoms with van der Waals surface area (Å²) in [5.41, 5.74) is 0.400. The first-order valence-corrected chi connectivity index (χ1v) is 6.52. The molecule has 0 heterocycles. The quantitative estimate of drug-likeness (QED) is 0.919. The van der Waals surface area contributed by atoms with Gasteiger partial charge in [0, 0.05) is 31.5 Å². The molecule has 0 radical (unpaired) electrons. The summed E-state index contributed by atoms with van der Waals surface area (Å²) < 4.78 is 0.812. The van der Waals surface area contributed by atoms with Crippen molar-refractivity contribution in [3.63, 3.8) is 0 Å². The second-order valence-electron chi connectivity index (χ2n) is 3.92. The SMILES string of the molecule is CN(C)C(=O)CCNC(=O)c1ccc(Br)cc1Cl. The van der Waals surface area contributed by atoms with E-state index in [1.807, 2.05) is 0 Å². The number of hydrogen-bond donors (Lipinski definition) is 1. The predicted molar refractivity (Wildman–Crippen MR) is 74.8 cm³/mol. The Morgan fingerprint density at radius 2 is 2.06 bits per heavy atom. The minimum absolute atomic E-state index is 0.0304. The van der Waals surface area contributed by atoms with Crippen LogP contribution < -0.4 is 5.32 Å². The van der Waals surface area contributed by atoms with Gasteiger partial charge in [-0.1, -0.05) is 27.5 Å².